The monoisotopic (exact) mass is 317 g/mol. The van der Waals surface area contributed by atoms with Crippen molar-refractivity contribution in [2.75, 3.05) is 5.32 Å². The van der Waals surface area contributed by atoms with E-state index in [-0.39, 0.29) is 5.69 Å². The molecule has 112 valence electrons. The van der Waals surface area contributed by atoms with Crippen LogP contribution in [0.4, 0.5) is 24.5 Å². The molecule has 0 atom stereocenters. The molecule has 2 rings (SSSR count). The van der Waals surface area contributed by atoms with Gasteiger partial charge in [0.2, 0.25) is 0 Å². The van der Waals surface area contributed by atoms with Crippen molar-refractivity contribution >= 4 is 21.4 Å². The van der Waals surface area contributed by atoms with Gasteiger partial charge in [0.1, 0.15) is 0 Å². The van der Waals surface area contributed by atoms with Gasteiger partial charge in [0.15, 0.2) is 5.03 Å². The van der Waals surface area contributed by atoms with Crippen molar-refractivity contribution in [2.45, 2.75) is 11.2 Å². The molecule has 0 fully saturated rings. The van der Waals surface area contributed by atoms with Crippen LogP contribution in [-0.4, -0.2) is 13.4 Å². The lowest BCUT2D eigenvalue weighted by Crippen LogP contribution is -2.19. The van der Waals surface area contributed by atoms with Gasteiger partial charge in [-0.25, -0.2) is 18.5 Å². The summed E-state index contributed by atoms with van der Waals surface area (Å²) >= 11 is 0. The number of sulfonamides is 1. The molecule has 5 nitrogen and oxygen atoms in total. The summed E-state index contributed by atoms with van der Waals surface area (Å²) < 4.78 is 61.9. The van der Waals surface area contributed by atoms with E-state index in [0.29, 0.717) is 6.07 Å². The maximum atomic E-state index is 13.0. The highest BCUT2D eigenvalue weighted by molar-refractivity contribution is 7.89. The van der Waals surface area contributed by atoms with Crippen LogP contribution in [0, 0.1) is 0 Å². The number of nitrogens with two attached hydrogens (primary N) is 1. The number of hydrogen-bond acceptors (Lipinski definition) is 4. The largest absolute Gasteiger partial charge is 0.418 e. The maximum Gasteiger partial charge on any atom is 0.418 e. The summed E-state index contributed by atoms with van der Waals surface area (Å²) in [7, 11) is -4.41. The molecule has 2 aromatic rings. The molecule has 0 aliphatic heterocycles. The third-order valence-corrected chi connectivity index (χ3v) is 3.38. The van der Waals surface area contributed by atoms with Gasteiger partial charge in [0, 0.05) is 11.9 Å². The molecule has 9 heteroatoms. The van der Waals surface area contributed by atoms with Crippen molar-refractivity contribution in [3.63, 3.8) is 0 Å². The number of hydrogen-bond donors (Lipinski definition) is 2. The Balaban J connectivity index is 2.65. The smallest absolute Gasteiger partial charge is 0.353 e. The molecule has 0 unspecified atom stereocenters. The van der Waals surface area contributed by atoms with Crippen molar-refractivity contribution in [1.82, 2.24) is 4.98 Å². The second-order valence-electron chi connectivity index (χ2n) is 4.07. The zero-order valence-electron chi connectivity index (χ0n) is 10.4. The summed E-state index contributed by atoms with van der Waals surface area (Å²) in [4.78, 5) is 3.44. The Labute approximate surface area is 118 Å². The minimum Gasteiger partial charge on any atom is -0.353 e. The van der Waals surface area contributed by atoms with Crippen LogP contribution >= 0.6 is 0 Å². The number of alkyl halides is 3. The first-order valence-electron chi connectivity index (χ1n) is 5.60. The number of para-hydroxylation sites is 1. The molecular weight excluding hydrogens is 307 g/mol. The number of rotatable bonds is 3. The lowest BCUT2D eigenvalue weighted by molar-refractivity contribution is -0.137. The molecule has 21 heavy (non-hydrogen) atoms. The van der Waals surface area contributed by atoms with Gasteiger partial charge in [0.05, 0.1) is 11.3 Å². The molecule has 1 aromatic carbocycles. The van der Waals surface area contributed by atoms with E-state index < -0.39 is 32.5 Å². The summed E-state index contributed by atoms with van der Waals surface area (Å²) in [5, 5.41) is 6.48. The fraction of sp³-hybridized carbons (Fsp3) is 0.0833. The average molecular weight is 317 g/mol. The van der Waals surface area contributed by atoms with Crippen molar-refractivity contribution < 1.29 is 21.6 Å². The summed E-state index contributed by atoms with van der Waals surface area (Å²) in [5.74, 6) is 0. The van der Waals surface area contributed by atoms with Crippen LogP contribution in [0.5, 0.6) is 0 Å². The van der Waals surface area contributed by atoms with Crippen LogP contribution in [-0.2, 0) is 16.2 Å². The highest BCUT2D eigenvalue weighted by atomic mass is 32.2. The van der Waals surface area contributed by atoms with E-state index in [1.807, 2.05) is 0 Å². The minimum atomic E-state index is -4.75. The third-order valence-electron chi connectivity index (χ3n) is 2.53. The quantitative estimate of drug-likeness (QED) is 0.911. The van der Waals surface area contributed by atoms with Crippen molar-refractivity contribution in [2.24, 2.45) is 5.14 Å². The van der Waals surface area contributed by atoms with E-state index in [4.69, 9.17) is 5.14 Å². The van der Waals surface area contributed by atoms with Crippen molar-refractivity contribution in [1.29, 1.82) is 0 Å². The summed E-state index contributed by atoms with van der Waals surface area (Å²) in [6.07, 6.45) is -4.00. The zero-order chi connectivity index (χ0) is 15.7. The van der Waals surface area contributed by atoms with Gasteiger partial charge in [-0.1, -0.05) is 18.2 Å². The fourth-order valence-electron chi connectivity index (χ4n) is 1.68. The summed E-state index contributed by atoms with van der Waals surface area (Å²) in [6.45, 7) is 0. The van der Waals surface area contributed by atoms with Gasteiger partial charge in [0.25, 0.3) is 10.0 Å². The Morgan fingerprint density at radius 1 is 1.10 bits per heavy atom. The van der Waals surface area contributed by atoms with Crippen LogP contribution < -0.4 is 10.5 Å². The van der Waals surface area contributed by atoms with E-state index in [1.165, 1.54) is 12.1 Å². The third kappa shape index (κ3) is 3.50. The molecule has 1 aromatic heterocycles. The molecule has 0 saturated carbocycles. The summed E-state index contributed by atoms with van der Waals surface area (Å²) in [5.41, 5.74) is -1.58. The van der Waals surface area contributed by atoms with Gasteiger partial charge in [-0.2, -0.15) is 13.2 Å². The Morgan fingerprint density at radius 2 is 1.71 bits per heavy atom. The topological polar surface area (TPSA) is 85.1 Å². The lowest BCUT2D eigenvalue weighted by atomic mass is 10.2. The lowest BCUT2D eigenvalue weighted by Gasteiger charge is -2.16. The second kappa shape index (κ2) is 5.34. The maximum absolute atomic E-state index is 13.0. The normalized spacial score (nSPS) is 12.2. The average Bonchev–Trinajstić information content (AvgIpc) is 2.37. The molecule has 0 radical (unpaired) electrons. The SMILES string of the molecule is NS(=O)(=O)c1nccc(C(F)(F)F)c1Nc1ccccc1. The molecule has 0 spiro atoms. The molecule has 3 N–H and O–H groups in total. The Hall–Kier alpha value is -2.13. The van der Waals surface area contributed by atoms with Crippen LogP contribution in [0.25, 0.3) is 0 Å². The van der Waals surface area contributed by atoms with E-state index in [2.05, 4.69) is 10.3 Å². The Kier molecular flexibility index (Phi) is 3.88. The van der Waals surface area contributed by atoms with Gasteiger partial charge >= 0.3 is 6.18 Å². The van der Waals surface area contributed by atoms with Crippen molar-refractivity contribution in [3.8, 4) is 0 Å². The minimum absolute atomic E-state index is 0.279. The number of benzene rings is 1. The van der Waals surface area contributed by atoms with Crippen LogP contribution in [0.15, 0.2) is 47.6 Å². The molecule has 1 heterocycles. The van der Waals surface area contributed by atoms with Gasteiger partial charge in [-0.15, -0.1) is 0 Å². The highest BCUT2D eigenvalue weighted by Gasteiger charge is 2.36. The first-order chi connectivity index (χ1) is 9.69. The molecule has 0 aliphatic rings. The van der Waals surface area contributed by atoms with Crippen LogP contribution in [0.1, 0.15) is 5.56 Å². The van der Waals surface area contributed by atoms with Crippen LogP contribution in [0.2, 0.25) is 0 Å². The van der Waals surface area contributed by atoms with E-state index in [0.717, 1.165) is 6.20 Å². The number of nitrogens with zero attached hydrogens (tertiary/aromatic N) is 1. The van der Waals surface area contributed by atoms with E-state index in [1.54, 1.807) is 18.2 Å². The number of halogens is 3. The first kappa shape index (κ1) is 15.3. The zero-order valence-corrected chi connectivity index (χ0v) is 11.2. The van der Waals surface area contributed by atoms with Crippen molar-refractivity contribution in [3.05, 3.63) is 48.2 Å². The molecule has 0 bridgehead atoms. The molecular formula is C12H10F3N3O2S. The molecule has 0 saturated heterocycles. The number of primary sulfonamides is 1. The van der Waals surface area contributed by atoms with Gasteiger partial charge < -0.3 is 5.32 Å². The van der Waals surface area contributed by atoms with E-state index in [9.17, 15) is 21.6 Å². The predicted octanol–water partition coefficient (Wildman–Crippen LogP) is 2.49. The predicted molar refractivity (Wildman–Crippen MR) is 70.3 cm³/mol. The number of pyridine rings is 1. The molecule has 0 amide bonds. The first-order valence-corrected chi connectivity index (χ1v) is 7.15. The van der Waals surface area contributed by atoms with Gasteiger partial charge in [-0.3, -0.25) is 0 Å². The molecule has 0 aliphatic carbocycles. The van der Waals surface area contributed by atoms with Crippen LogP contribution in [0.3, 0.4) is 0 Å². The van der Waals surface area contributed by atoms with Gasteiger partial charge in [-0.05, 0) is 18.2 Å². The summed E-state index contributed by atoms with van der Waals surface area (Å²) in [6, 6.07) is 8.49. The Bertz CT molecular complexity index is 746. The number of aromatic nitrogens is 1. The second-order valence-corrected chi connectivity index (χ2v) is 5.55. The standard InChI is InChI=1S/C12H10F3N3O2S/c13-12(14,15)9-6-7-17-11(21(16,19)20)10(9)18-8-4-2-1-3-5-8/h1-7,18H,(H2,16,19,20). The highest BCUT2D eigenvalue weighted by Crippen LogP contribution is 2.38. The van der Waals surface area contributed by atoms with E-state index >= 15 is 0 Å². The Morgan fingerprint density at radius 3 is 2.24 bits per heavy atom. The number of nitrogens with one attached hydrogen (secondary N) is 1. The fourth-order valence-corrected chi connectivity index (χ4v) is 2.33. The number of anilines is 2.